The van der Waals surface area contributed by atoms with Crippen LogP contribution in [0.15, 0.2) is 42.5 Å². The molecular formula is C32H37ClN3O8P. The fourth-order valence-corrected chi connectivity index (χ4v) is 7.48. The van der Waals surface area contributed by atoms with Crippen LogP contribution in [0.4, 0.5) is 11.4 Å². The van der Waals surface area contributed by atoms with Crippen molar-refractivity contribution in [3.63, 3.8) is 0 Å². The number of halogens is 1. The molecule has 3 aliphatic rings. The molecule has 3 heterocycles. The number of likely N-dealkylation sites (N-methyl/N-ethyl adjacent to an activating group) is 1. The molecule has 2 amide bonds. The highest BCUT2D eigenvalue weighted by molar-refractivity contribution is 7.32. The average Bonchev–Trinajstić information content (AvgIpc) is 3.66. The molecule has 0 aliphatic carbocycles. The van der Waals surface area contributed by atoms with E-state index in [0.717, 1.165) is 23.8 Å². The van der Waals surface area contributed by atoms with E-state index in [0.29, 0.717) is 73.6 Å². The summed E-state index contributed by atoms with van der Waals surface area (Å²) in [4.78, 5) is 41.0. The zero-order chi connectivity index (χ0) is 31.8. The Morgan fingerprint density at radius 1 is 1.09 bits per heavy atom. The zero-order valence-electron chi connectivity index (χ0n) is 24.9. The topological polar surface area (TPSA) is 140 Å². The predicted molar refractivity (Wildman–Crippen MR) is 172 cm³/mol. The number of anilines is 2. The fourth-order valence-electron chi connectivity index (χ4n) is 6.87. The Morgan fingerprint density at radius 3 is 2.60 bits per heavy atom. The molecule has 4 atom stereocenters. The van der Waals surface area contributed by atoms with Crippen LogP contribution in [0, 0.1) is 0 Å². The minimum atomic E-state index is -3.25. The number of carbonyl (C=O) groups excluding carboxylic acids is 2. The summed E-state index contributed by atoms with van der Waals surface area (Å²) in [5.41, 5.74) is 2.43. The van der Waals surface area contributed by atoms with E-state index in [1.165, 1.54) is 6.07 Å². The predicted octanol–water partition coefficient (Wildman–Crippen LogP) is 4.99. The first kappa shape index (κ1) is 31.5. The van der Waals surface area contributed by atoms with Crippen LogP contribution in [0.1, 0.15) is 60.4 Å². The monoisotopic (exact) mass is 657 g/mol. The number of benzene rings is 3. The molecule has 0 spiro atoms. The molecule has 0 aromatic heterocycles. The zero-order valence-corrected chi connectivity index (χ0v) is 26.7. The van der Waals surface area contributed by atoms with Gasteiger partial charge < -0.3 is 39.1 Å². The van der Waals surface area contributed by atoms with Gasteiger partial charge in [0.1, 0.15) is 12.0 Å². The Morgan fingerprint density at radius 2 is 1.84 bits per heavy atom. The number of aliphatic hydroxyl groups excluding tert-OH is 1. The molecule has 1 saturated heterocycles. The fraction of sp³-hybridized carbons (Fsp3) is 0.438. The number of rotatable bonds is 10. The molecule has 3 aliphatic heterocycles. The maximum Gasteiger partial charge on any atom is 0.365 e. The van der Waals surface area contributed by atoms with E-state index in [1.807, 2.05) is 24.3 Å². The van der Waals surface area contributed by atoms with Gasteiger partial charge in [0.2, 0.25) is 5.91 Å². The Balaban J connectivity index is 1.07. The lowest BCUT2D eigenvalue weighted by molar-refractivity contribution is -0.118. The van der Waals surface area contributed by atoms with Crippen LogP contribution in [0.3, 0.4) is 0 Å². The molecule has 3 aromatic carbocycles. The third-order valence-electron chi connectivity index (χ3n) is 9.09. The first-order chi connectivity index (χ1) is 21.7. The van der Waals surface area contributed by atoms with Gasteiger partial charge in [0.15, 0.2) is 11.5 Å². The second-order valence-corrected chi connectivity index (χ2v) is 12.9. The van der Waals surface area contributed by atoms with Crippen LogP contribution in [0.2, 0.25) is 0 Å². The van der Waals surface area contributed by atoms with E-state index in [9.17, 15) is 29.3 Å². The van der Waals surface area contributed by atoms with Crippen LogP contribution in [0.25, 0.3) is 10.8 Å². The third kappa shape index (κ3) is 5.94. The Bertz CT molecular complexity index is 1650. The molecule has 240 valence electrons. The molecule has 13 heteroatoms. The van der Waals surface area contributed by atoms with E-state index in [1.54, 1.807) is 33.9 Å². The SMILES string of the molecule is CN1c2cc(OCCCCCC(=O)N3C[C@@H](CCl)c4c3cc(O[PH](=O)O)c3ccccc43)c(O)cc2C(=O)N2CCC[C@H]2C1O. The number of hydrogen-bond acceptors (Lipinski definition) is 8. The summed E-state index contributed by atoms with van der Waals surface area (Å²) >= 11 is 6.33. The summed E-state index contributed by atoms with van der Waals surface area (Å²) in [5, 5.41) is 23.1. The molecule has 6 rings (SSSR count). The number of unbranched alkanes of at least 4 members (excludes halogenated alkanes) is 2. The molecule has 45 heavy (non-hydrogen) atoms. The van der Waals surface area contributed by atoms with E-state index in [-0.39, 0.29) is 41.0 Å². The van der Waals surface area contributed by atoms with Crippen molar-refractivity contribution in [1.82, 2.24) is 4.90 Å². The molecule has 3 aromatic rings. The van der Waals surface area contributed by atoms with Gasteiger partial charge in [-0.25, -0.2) is 4.57 Å². The van der Waals surface area contributed by atoms with Gasteiger partial charge in [-0.2, -0.15) is 0 Å². The number of ether oxygens (including phenoxy) is 1. The summed E-state index contributed by atoms with van der Waals surface area (Å²) in [6.45, 7) is 1.29. The first-order valence-corrected chi connectivity index (χ1v) is 17.0. The highest BCUT2D eigenvalue weighted by Crippen LogP contribution is 2.47. The highest BCUT2D eigenvalue weighted by atomic mass is 35.5. The summed E-state index contributed by atoms with van der Waals surface area (Å²) in [5.74, 6) is 0.320. The van der Waals surface area contributed by atoms with Crippen LogP contribution in [0.5, 0.6) is 17.2 Å². The average molecular weight is 658 g/mol. The number of aromatic hydroxyl groups is 1. The third-order valence-corrected chi connectivity index (χ3v) is 9.86. The molecule has 1 fully saturated rings. The number of nitrogens with zero attached hydrogens (tertiary/aromatic N) is 3. The maximum absolute atomic E-state index is 13.4. The van der Waals surface area contributed by atoms with Gasteiger partial charge in [0, 0.05) is 55.9 Å². The molecular weight excluding hydrogens is 621 g/mol. The standard InChI is InChI=1S/C32H37ClN3O8P/c1-34-24-15-28(26(37)14-22(24)31(39)35-12-7-10-23(35)32(34)40)43-13-6-2-3-11-29(38)36-18-19(17-33)30-21-9-5-4-8-20(21)27(16-25(30)36)44-45(41)42/h4-5,8-9,14-16,19,23,32,37,40,45H,2-3,6-7,10-13,17-18H2,1H3,(H,41,42)/t19-,23+,32?/m1/s1. The number of amides is 2. The lowest BCUT2D eigenvalue weighted by Gasteiger charge is -2.31. The number of fused-ring (bicyclic) bond motifs is 5. The van der Waals surface area contributed by atoms with Crippen molar-refractivity contribution in [1.29, 1.82) is 0 Å². The van der Waals surface area contributed by atoms with E-state index in [2.05, 4.69) is 0 Å². The van der Waals surface area contributed by atoms with Gasteiger partial charge in [-0.15, -0.1) is 11.6 Å². The van der Waals surface area contributed by atoms with Crippen molar-refractivity contribution in [3.05, 3.63) is 53.6 Å². The summed E-state index contributed by atoms with van der Waals surface area (Å²) in [6, 6.07) is 11.8. The smallest absolute Gasteiger partial charge is 0.365 e. The van der Waals surface area contributed by atoms with Gasteiger partial charge in [-0.05, 0) is 49.1 Å². The maximum atomic E-state index is 13.4. The van der Waals surface area contributed by atoms with Crippen molar-refractivity contribution in [2.24, 2.45) is 0 Å². The minimum absolute atomic E-state index is 0.0715. The van der Waals surface area contributed by atoms with Crippen molar-refractivity contribution in [3.8, 4) is 17.2 Å². The lowest BCUT2D eigenvalue weighted by Crippen LogP contribution is -2.47. The summed E-state index contributed by atoms with van der Waals surface area (Å²) in [6.07, 6.45) is 2.93. The molecule has 0 bridgehead atoms. The van der Waals surface area contributed by atoms with Gasteiger partial charge >= 0.3 is 8.25 Å². The second kappa shape index (κ2) is 13.1. The number of phenols is 1. The number of aliphatic hydroxyl groups is 1. The molecule has 0 radical (unpaired) electrons. The van der Waals surface area contributed by atoms with E-state index in [4.69, 9.17) is 20.9 Å². The van der Waals surface area contributed by atoms with Crippen LogP contribution in [-0.2, 0) is 9.36 Å². The van der Waals surface area contributed by atoms with Crippen LogP contribution in [-0.4, -0.2) is 76.7 Å². The molecule has 2 unspecified atom stereocenters. The van der Waals surface area contributed by atoms with Crippen molar-refractivity contribution in [2.45, 2.75) is 56.7 Å². The second-order valence-electron chi connectivity index (χ2n) is 11.8. The minimum Gasteiger partial charge on any atom is -0.504 e. The Kier molecular flexibility index (Phi) is 9.15. The molecule has 11 nitrogen and oxygen atoms in total. The number of alkyl halides is 1. The van der Waals surface area contributed by atoms with E-state index < -0.39 is 14.5 Å². The first-order valence-electron chi connectivity index (χ1n) is 15.2. The normalized spacial score (nSPS) is 21.4. The van der Waals surface area contributed by atoms with Crippen molar-refractivity contribution < 1.29 is 38.5 Å². The summed E-state index contributed by atoms with van der Waals surface area (Å²) < 4.78 is 22.7. The van der Waals surface area contributed by atoms with Gasteiger partial charge in [-0.3, -0.25) is 9.59 Å². The molecule has 3 N–H and O–H groups in total. The Labute approximate surface area is 266 Å². The van der Waals surface area contributed by atoms with Crippen LogP contribution >= 0.6 is 19.9 Å². The highest BCUT2D eigenvalue weighted by Gasteiger charge is 2.41. The van der Waals surface area contributed by atoms with E-state index >= 15 is 0 Å². The largest absolute Gasteiger partial charge is 0.504 e. The number of phenolic OH excluding ortho intramolecular Hbond substituents is 1. The van der Waals surface area contributed by atoms with Crippen molar-refractivity contribution >= 4 is 53.8 Å². The summed E-state index contributed by atoms with van der Waals surface area (Å²) in [7, 11) is -1.52. The van der Waals surface area contributed by atoms with Crippen molar-refractivity contribution in [2.75, 3.05) is 42.4 Å². The van der Waals surface area contributed by atoms with Gasteiger partial charge in [-0.1, -0.05) is 24.3 Å². The van der Waals surface area contributed by atoms with Gasteiger partial charge in [0.05, 0.1) is 29.6 Å². The Hall–Kier alpha value is -3.50. The number of hydrogen-bond donors (Lipinski definition) is 3. The molecule has 0 saturated carbocycles. The van der Waals surface area contributed by atoms with Gasteiger partial charge in [0.25, 0.3) is 5.91 Å². The van der Waals surface area contributed by atoms with Crippen LogP contribution < -0.4 is 19.1 Å². The lowest BCUT2D eigenvalue weighted by atomic mass is 9.95. The number of carbonyl (C=O) groups is 2. The quantitative estimate of drug-likeness (QED) is 0.156.